The molecule has 0 unspecified atom stereocenters. The first-order chi connectivity index (χ1) is 22.1. The topological polar surface area (TPSA) is 129 Å². The minimum atomic E-state index is -0.461. The molecule has 46 heavy (non-hydrogen) atoms. The first kappa shape index (κ1) is 32.5. The zero-order chi connectivity index (χ0) is 32.8. The second kappa shape index (κ2) is 14.1. The zero-order valence-corrected chi connectivity index (χ0v) is 26.8. The van der Waals surface area contributed by atoms with Gasteiger partial charge in [-0.1, -0.05) is 18.2 Å². The van der Waals surface area contributed by atoms with E-state index in [4.69, 9.17) is 10.5 Å². The smallest absolute Gasteiger partial charge is 0.264 e. The number of piperazine rings is 1. The van der Waals surface area contributed by atoms with Gasteiger partial charge in [-0.25, -0.2) is 19.0 Å². The van der Waals surface area contributed by atoms with E-state index in [1.54, 1.807) is 40.9 Å². The summed E-state index contributed by atoms with van der Waals surface area (Å²) in [4.78, 5) is 27.0. The van der Waals surface area contributed by atoms with Crippen molar-refractivity contribution in [2.45, 2.75) is 32.2 Å². The third-order valence-electron chi connectivity index (χ3n) is 8.38. The third-order valence-corrected chi connectivity index (χ3v) is 8.38. The Hall–Kier alpha value is -4.86. The minimum Gasteiger partial charge on any atom is -0.457 e. The largest absolute Gasteiger partial charge is 0.457 e. The van der Waals surface area contributed by atoms with E-state index in [0.29, 0.717) is 39.4 Å². The molecule has 2 aliphatic rings. The predicted molar refractivity (Wildman–Crippen MR) is 175 cm³/mol. The van der Waals surface area contributed by atoms with E-state index >= 15 is 0 Å². The fourth-order valence-electron chi connectivity index (χ4n) is 5.73. The molecule has 2 aromatic heterocycles. The van der Waals surface area contributed by atoms with Crippen LogP contribution in [-0.4, -0.2) is 92.2 Å². The normalized spacial score (nSPS) is 16.2. The minimum absolute atomic E-state index is 0.0998. The number of aryl methyl sites for hydroxylation is 1. The molecule has 2 aromatic carbocycles. The van der Waals surface area contributed by atoms with Crippen molar-refractivity contribution < 1.29 is 13.9 Å². The summed E-state index contributed by atoms with van der Waals surface area (Å²) in [6.07, 6.45) is 5.31. The molecule has 2 saturated heterocycles. The summed E-state index contributed by atoms with van der Waals surface area (Å²) in [5.74, 6) is 0.735. The Morgan fingerprint density at radius 1 is 1.00 bits per heavy atom. The summed E-state index contributed by atoms with van der Waals surface area (Å²) < 4.78 is 21.9. The molecule has 2 fully saturated rings. The number of carbonyl (C=O) groups excluding carboxylic acids is 1. The molecule has 0 atom stereocenters. The van der Waals surface area contributed by atoms with Crippen molar-refractivity contribution in [3.8, 4) is 28.8 Å². The second-order valence-electron chi connectivity index (χ2n) is 12.1. The SMILES string of the molecule is CN1CCN(C(C)(C)/C=C(\C#N)C(=O)N2CCCC2)CC1.Cn1nc(-c2ccc(Oc3ccccc3)cc2F)c2c(N)ncnc21. The number of nitrogens with zero attached hydrogens (tertiary/aromatic N) is 8. The molecule has 2 N–H and O–H groups in total. The fourth-order valence-corrected chi connectivity index (χ4v) is 5.73. The van der Waals surface area contributed by atoms with Crippen LogP contribution in [0.2, 0.25) is 0 Å². The van der Waals surface area contributed by atoms with Crippen molar-refractivity contribution in [1.82, 2.24) is 34.4 Å². The van der Waals surface area contributed by atoms with Gasteiger partial charge in [0.05, 0.1) is 5.39 Å². The van der Waals surface area contributed by atoms with Gasteiger partial charge in [0.2, 0.25) is 0 Å². The number of rotatable bonds is 6. The summed E-state index contributed by atoms with van der Waals surface area (Å²) in [6.45, 7) is 9.74. The Morgan fingerprint density at radius 3 is 2.35 bits per heavy atom. The van der Waals surface area contributed by atoms with Crippen LogP contribution in [0.15, 0.2) is 66.5 Å². The van der Waals surface area contributed by atoms with Gasteiger partial charge in [0.15, 0.2) is 5.65 Å². The maximum absolute atomic E-state index is 14.7. The molecule has 0 saturated carbocycles. The highest BCUT2D eigenvalue weighted by atomic mass is 19.1. The first-order valence-electron chi connectivity index (χ1n) is 15.4. The average molecular weight is 626 g/mol. The quantitative estimate of drug-likeness (QED) is 0.241. The highest BCUT2D eigenvalue weighted by Crippen LogP contribution is 2.33. The summed E-state index contributed by atoms with van der Waals surface area (Å²) in [6, 6.07) is 15.9. The molecular formula is C34H40FN9O2. The maximum atomic E-state index is 14.7. The van der Waals surface area contributed by atoms with Crippen molar-refractivity contribution in [2.75, 3.05) is 52.0 Å². The van der Waals surface area contributed by atoms with E-state index in [9.17, 15) is 14.4 Å². The molecule has 0 bridgehead atoms. The van der Waals surface area contributed by atoms with E-state index in [-0.39, 0.29) is 17.3 Å². The average Bonchev–Trinajstić information content (AvgIpc) is 3.70. The van der Waals surface area contributed by atoms with Gasteiger partial charge in [-0.05, 0) is 64.1 Å². The van der Waals surface area contributed by atoms with Gasteiger partial charge in [0, 0.05) is 63.5 Å². The number of fused-ring (bicyclic) bond motifs is 1. The molecule has 6 rings (SSSR count). The highest BCUT2D eigenvalue weighted by molar-refractivity contribution is 5.98. The lowest BCUT2D eigenvalue weighted by molar-refractivity contribution is -0.125. The van der Waals surface area contributed by atoms with Crippen LogP contribution in [0.3, 0.4) is 0 Å². The van der Waals surface area contributed by atoms with Gasteiger partial charge in [0.1, 0.15) is 46.8 Å². The number of hydrogen-bond donors (Lipinski definition) is 1. The van der Waals surface area contributed by atoms with Gasteiger partial charge >= 0.3 is 0 Å². The van der Waals surface area contributed by atoms with Gasteiger partial charge < -0.3 is 20.3 Å². The van der Waals surface area contributed by atoms with E-state index in [0.717, 1.165) is 52.1 Å². The lowest BCUT2D eigenvalue weighted by Crippen LogP contribution is -2.53. The summed E-state index contributed by atoms with van der Waals surface area (Å²) >= 11 is 0. The second-order valence-corrected chi connectivity index (χ2v) is 12.1. The van der Waals surface area contributed by atoms with Gasteiger partial charge in [-0.3, -0.25) is 9.69 Å². The number of aromatic nitrogens is 4. The number of nitriles is 1. The maximum Gasteiger partial charge on any atom is 0.264 e. The third kappa shape index (κ3) is 7.33. The Labute approximate surface area is 268 Å². The van der Waals surface area contributed by atoms with Crippen LogP contribution in [0.5, 0.6) is 11.5 Å². The lowest BCUT2D eigenvalue weighted by Gasteiger charge is -2.41. The van der Waals surface area contributed by atoms with Crippen LogP contribution in [0.25, 0.3) is 22.3 Å². The summed E-state index contributed by atoms with van der Waals surface area (Å²) in [5.41, 5.74) is 7.23. The zero-order valence-electron chi connectivity index (χ0n) is 26.8. The number of likely N-dealkylation sites (tertiary alicyclic amines) is 1. The van der Waals surface area contributed by atoms with Crippen LogP contribution in [0.4, 0.5) is 10.2 Å². The molecule has 0 radical (unpaired) electrons. The monoisotopic (exact) mass is 625 g/mol. The number of amides is 1. The van der Waals surface area contributed by atoms with E-state index < -0.39 is 5.82 Å². The molecule has 0 spiro atoms. The van der Waals surface area contributed by atoms with Crippen LogP contribution in [0, 0.1) is 17.1 Å². The number of likely N-dealkylation sites (N-methyl/N-ethyl adjacent to an activating group) is 1. The van der Waals surface area contributed by atoms with Crippen molar-refractivity contribution in [3.63, 3.8) is 0 Å². The van der Waals surface area contributed by atoms with Crippen LogP contribution in [0.1, 0.15) is 26.7 Å². The van der Waals surface area contributed by atoms with E-state index in [1.165, 1.54) is 12.4 Å². The molecule has 2 aliphatic heterocycles. The summed E-state index contributed by atoms with van der Waals surface area (Å²) in [5, 5.41) is 14.2. The number of nitrogen functional groups attached to an aromatic ring is 1. The molecular weight excluding hydrogens is 585 g/mol. The van der Waals surface area contributed by atoms with Crippen molar-refractivity contribution in [2.24, 2.45) is 7.05 Å². The number of anilines is 1. The number of hydrogen-bond acceptors (Lipinski definition) is 9. The molecule has 4 heterocycles. The molecule has 0 aliphatic carbocycles. The number of ether oxygens (including phenoxy) is 1. The Morgan fingerprint density at radius 2 is 1.70 bits per heavy atom. The Balaban J connectivity index is 0.000000184. The molecule has 4 aromatic rings. The number of carbonyl (C=O) groups is 1. The first-order valence-corrected chi connectivity index (χ1v) is 15.4. The van der Waals surface area contributed by atoms with Crippen LogP contribution >= 0.6 is 0 Å². The van der Waals surface area contributed by atoms with Crippen LogP contribution in [-0.2, 0) is 11.8 Å². The highest BCUT2D eigenvalue weighted by Gasteiger charge is 2.30. The summed E-state index contributed by atoms with van der Waals surface area (Å²) in [7, 11) is 3.85. The van der Waals surface area contributed by atoms with E-state index in [2.05, 4.69) is 51.8 Å². The standard InChI is InChI=1S/C18H14FN5O.C16H26N4O/c1-24-18-15(17(20)21-10-22-18)16(23-24)13-8-7-12(9-14(13)19)25-11-5-3-2-4-6-11;1-16(2,20-10-8-18(3)9-11-20)12-14(13-17)15(21)19-6-4-5-7-19/h2-10H,1H3,(H2,20,21,22);12H,4-11H2,1-3H3/b;14-12+. The van der Waals surface area contributed by atoms with Crippen LogP contribution < -0.4 is 10.5 Å². The van der Waals surface area contributed by atoms with Crippen molar-refractivity contribution in [3.05, 3.63) is 72.3 Å². The molecule has 1 amide bonds. The Kier molecular flexibility index (Phi) is 9.94. The number of benzene rings is 2. The van der Waals surface area contributed by atoms with Gasteiger partial charge in [-0.15, -0.1) is 0 Å². The number of para-hydroxylation sites is 1. The fraction of sp³-hybridized carbons (Fsp3) is 0.382. The molecule has 12 heteroatoms. The van der Waals surface area contributed by atoms with Crippen molar-refractivity contribution >= 4 is 22.8 Å². The number of halogens is 1. The van der Waals surface area contributed by atoms with Gasteiger partial charge in [-0.2, -0.15) is 10.4 Å². The molecule has 11 nitrogen and oxygen atoms in total. The van der Waals surface area contributed by atoms with Gasteiger partial charge in [0.25, 0.3) is 5.91 Å². The molecule has 240 valence electrons. The predicted octanol–water partition coefficient (Wildman–Crippen LogP) is 4.63. The Bertz CT molecular complexity index is 1750. The van der Waals surface area contributed by atoms with Crippen molar-refractivity contribution in [1.29, 1.82) is 5.26 Å². The lowest BCUT2D eigenvalue weighted by atomic mass is 9.97. The number of nitrogens with two attached hydrogens (primary N) is 1. The van der Waals surface area contributed by atoms with E-state index in [1.807, 2.05) is 24.3 Å².